The lowest BCUT2D eigenvalue weighted by molar-refractivity contribution is 0.0697. The summed E-state index contributed by atoms with van der Waals surface area (Å²) in [4.78, 5) is 14.6. The number of carbonyl (C=O) groups is 1. The predicted octanol–water partition coefficient (Wildman–Crippen LogP) is 1.02. The maximum atomic E-state index is 10.6. The quantitative estimate of drug-likeness (QED) is 0.808. The minimum absolute atomic E-state index is 0.193. The first-order valence-electron chi connectivity index (χ1n) is 4.40. The molecule has 1 N–H and O–H groups in total. The molecular formula is C10H9N3O2. The molecule has 0 amide bonds. The lowest BCUT2D eigenvalue weighted by atomic mass is 10.3. The molecule has 0 fully saturated rings. The zero-order valence-electron chi connectivity index (χ0n) is 7.87. The van der Waals surface area contributed by atoms with Crippen LogP contribution in [-0.4, -0.2) is 25.8 Å². The van der Waals surface area contributed by atoms with E-state index in [-0.39, 0.29) is 5.56 Å². The Morgan fingerprint density at radius 2 is 2.33 bits per heavy atom. The van der Waals surface area contributed by atoms with Crippen molar-refractivity contribution in [1.29, 1.82) is 0 Å². The zero-order chi connectivity index (χ0) is 10.7. The van der Waals surface area contributed by atoms with Crippen LogP contribution in [0.1, 0.15) is 15.9 Å². The van der Waals surface area contributed by atoms with Crippen molar-refractivity contribution < 1.29 is 9.90 Å². The van der Waals surface area contributed by atoms with Crippen molar-refractivity contribution in [2.45, 2.75) is 6.54 Å². The minimum atomic E-state index is -0.965. The molecule has 5 nitrogen and oxygen atoms in total. The molecule has 2 rings (SSSR count). The van der Waals surface area contributed by atoms with E-state index in [4.69, 9.17) is 5.11 Å². The van der Waals surface area contributed by atoms with Crippen LogP contribution >= 0.6 is 0 Å². The molecule has 0 radical (unpaired) electrons. The Morgan fingerprint density at radius 1 is 1.47 bits per heavy atom. The minimum Gasteiger partial charge on any atom is -0.478 e. The molecule has 2 aromatic heterocycles. The third-order valence-corrected chi connectivity index (χ3v) is 1.95. The van der Waals surface area contributed by atoms with Crippen LogP contribution in [0.3, 0.4) is 0 Å². The summed E-state index contributed by atoms with van der Waals surface area (Å²) in [7, 11) is 0. The Labute approximate surface area is 86.0 Å². The molecule has 0 spiro atoms. The van der Waals surface area contributed by atoms with Crippen LogP contribution in [-0.2, 0) is 6.54 Å². The lowest BCUT2D eigenvalue weighted by Crippen LogP contribution is -2.00. The molecule has 0 aliphatic heterocycles. The van der Waals surface area contributed by atoms with Crippen LogP contribution in [0.25, 0.3) is 0 Å². The summed E-state index contributed by atoms with van der Waals surface area (Å²) in [5.74, 6) is -0.965. The second-order valence-electron chi connectivity index (χ2n) is 3.09. The van der Waals surface area contributed by atoms with Gasteiger partial charge in [-0.25, -0.2) is 4.79 Å². The highest BCUT2D eigenvalue weighted by molar-refractivity contribution is 5.86. The van der Waals surface area contributed by atoms with Gasteiger partial charge in [-0.3, -0.25) is 9.67 Å². The van der Waals surface area contributed by atoms with Gasteiger partial charge in [0.2, 0.25) is 0 Å². The second kappa shape index (κ2) is 3.91. The van der Waals surface area contributed by atoms with E-state index in [0.717, 1.165) is 5.56 Å². The average molecular weight is 203 g/mol. The van der Waals surface area contributed by atoms with E-state index in [0.29, 0.717) is 6.54 Å². The number of hydrogen-bond donors (Lipinski definition) is 1. The first kappa shape index (κ1) is 9.39. The molecule has 76 valence electrons. The molecule has 0 atom stereocenters. The van der Waals surface area contributed by atoms with Gasteiger partial charge in [0.05, 0.1) is 18.3 Å². The van der Waals surface area contributed by atoms with Gasteiger partial charge in [0, 0.05) is 18.6 Å². The van der Waals surface area contributed by atoms with Crippen molar-refractivity contribution in [1.82, 2.24) is 14.8 Å². The Kier molecular flexibility index (Phi) is 2.45. The van der Waals surface area contributed by atoms with Gasteiger partial charge in [-0.05, 0) is 11.6 Å². The second-order valence-corrected chi connectivity index (χ2v) is 3.09. The van der Waals surface area contributed by atoms with Crippen LogP contribution in [0.2, 0.25) is 0 Å². The number of nitrogens with zero attached hydrogens (tertiary/aromatic N) is 3. The van der Waals surface area contributed by atoms with E-state index in [2.05, 4.69) is 10.1 Å². The molecule has 5 heteroatoms. The molecule has 0 saturated carbocycles. The van der Waals surface area contributed by atoms with E-state index in [9.17, 15) is 4.79 Å². The predicted molar refractivity (Wildman–Crippen MR) is 52.5 cm³/mol. The molecule has 15 heavy (non-hydrogen) atoms. The van der Waals surface area contributed by atoms with E-state index in [1.165, 1.54) is 12.4 Å². The largest absolute Gasteiger partial charge is 0.478 e. The van der Waals surface area contributed by atoms with Gasteiger partial charge >= 0.3 is 5.97 Å². The van der Waals surface area contributed by atoms with Crippen molar-refractivity contribution >= 4 is 5.97 Å². The van der Waals surface area contributed by atoms with E-state index < -0.39 is 5.97 Å². The fraction of sp³-hybridized carbons (Fsp3) is 0.100. The Balaban J connectivity index is 2.15. The van der Waals surface area contributed by atoms with Gasteiger partial charge in [-0.1, -0.05) is 6.07 Å². The molecule has 0 aromatic carbocycles. The van der Waals surface area contributed by atoms with Crippen LogP contribution < -0.4 is 0 Å². The number of carboxylic acids is 1. The summed E-state index contributed by atoms with van der Waals surface area (Å²) in [5, 5.41) is 12.6. The summed E-state index contributed by atoms with van der Waals surface area (Å²) in [6.07, 6.45) is 6.24. The Morgan fingerprint density at radius 3 is 2.93 bits per heavy atom. The summed E-state index contributed by atoms with van der Waals surface area (Å²) in [5.41, 5.74) is 1.18. The fourth-order valence-corrected chi connectivity index (χ4v) is 1.24. The number of hydrogen-bond acceptors (Lipinski definition) is 3. The van der Waals surface area contributed by atoms with Crippen LogP contribution in [0, 0.1) is 0 Å². The van der Waals surface area contributed by atoms with Crippen molar-refractivity contribution in [3.05, 3.63) is 48.0 Å². The molecule has 2 aromatic rings. The standard InChI is InChI=1S/C10H9N3O2/c14-10(15)9-5-12-13(7-9)6-8-2-1-3-11-4-8/h1-5,7H,6H2,(H,14,15). The third kappa shape index (κ3) is 2.19. The summed E-state index contributed by atoms with van der Waals surface area (Å²) in [6, 6.07) is 3.74. The molecule has 2 heterocycles. The van der Waals surface area contributed by atoms with Gasteiger partial charge < -0.3 is 5.11 Å². The maximum Gasteiger partial charge on any atom is 0.338 e. The molecular weight excluding hydrogens is 194 g/mol. The number of carboxylic acid groups (broad SMARTS) is 1. The third-order valence-electron chi connectivity index (χ3n) is 1.95. The number of pyridine rings is 1. The lowest BCUT2D eigenvalue weighted by Gasteiger charge is -1.99. The highest BCUT2D eigenvalue weighted by Gasteiger charge is 2.05. The van der Waals surface area contributed by atoms with Crippen LogP contribution in [0.5, 0.6) is 0 Å². The highest BCUT2D eigenvalue weighted by atomic mass is 16.4. The van der Waals surface area contributed by atoms with Gasteiger partial charge in [-0.15, -0.1) is 0 Å². The number of rotatable bonds is 3. The van der Waals surface area contributed by atoms with Crippen LogP contribution in [0.4, 0.5) is 0 Å². The molecule has 0 aliphatic carbocycles. The first-order chi connectivity index (χ1) is 7.25. The summed E-state index contributed by atoms with van der Waals surface area (Å²) in [6.45, 7) is 0.529. The van der Waals surface area contributed by atoms with Gasteiger partial charge in [0.25, 0.3) is 0 Å². The monoisotopic (exact) mass is 203 g/mol. The summed E-state index contributed by atoms with van der Waals surface area (Å²) >= 11 is 0. The van der Waals surface area contributed by atoms with Crippen LogP contribution in [0.15, 0.2) is 36.9 Å². The van der Waals surface area contributed by atoms with Crippen molar-refractivity contribution in [2.75, 3.05) is 0 Å². The normalized spacial score (nSPS) is 10.1. The Bertz CT molecular complexity index is 465. The van der Waals surface area contributed by atoms with E-state index >= 15 is 0 Å². The van der Waals surface area contributed by atoms with Gasteiger partial charge in [-0.2, -0.15) is 5.10 Å². The maximum absolute atomic E-state index is 10.6. The topological polar surface area (TPSA) is 68.0 Å². The zero-order valence-corrected chi connectivity index (χ0v) is 7.87. The van der Waals surface area contributed by atoms with Crippen molar-refractivity contribution in [3.63, 3.8) is 0 Å². The SMILES string of the molecule is O=C(O)c1cnn(Cc2cccnc2)c1. The van der Waals surface area contributed by atoms with E-state index in [1.54, 1.807) is 17.1 Å². The molecule has 0 bridgehead atoms. The fourth-order valence-electron chi connectivity index (χ4n) is 1.24. The van der Waals surface area contributed by atoms with Gasteiger partial charge in [0.15, 0.2) is 0 Å². The van der Waals surface area contributed by atoms with Crippen molar-refractivity contribution in [2.24, 2.45) is 0 Å². The van der Waals surface area contributed by atoms with Gasteiger partial charge in [0.1, 0.15) is 0 Å². The first-order valence-corrected chi connectivity index (χ1v) is 4.40. The van der Waals surface area contributed by atoms with E-state index in [1.807, 2.05) is 12.1 Å². The number of aromatic nitrogens is 3. The molecule has 0 saturated heterocycles. The summed E-state index contributed by atoms with van der Waals surface area (Å²) < 4.78 is 1.57. The Hall–Kier alpha value is -2.17. The number of aromatic carboxylic acids is 1. The van der Waals surface area contributed by atoms with Crippen molar-refractivity contribution in [3.8, 4) is 0 Å². The smallest absolute Gasteiger partial charge is 0.338 e. The molecule has 0 aliphatic rings. The highest BCUT2D eigenvalue weighted by Crippen LogP contribution is 2.02. The average Bonchev–Trinajstić information content (AvgIpc) is 2.68. The molecule has 0 unspecified atom stereocenters.